The van der Waals surface area contributed by atoms with Crippen molar-refractivity contribution >= 4 is 49.5 Å². The zero-order valence-electron chi connectivity index (χ0n) is 102. The lowest BCUT2D eigenvalue weighted by molar-refractivity contribution is -0.122. The first kappa shape index (κ1) is 157. The van der Waals surface area contributed by atoms with Gasteiger partial charge in [0.05, 0.1) is 64.0 Å². The number of hydrogen-bond acceptors (Lipinski definition) is 12. The third kappa shape index (κ3) is 177. The van der Waals surface area contributed by atoms with Crippen LogP contribution >= 0.6 is 0 Å². The Bertz CT molecular complexity index is 4210. The van der Waals surface area contributed by atoms with Crippen LogP contribution in [-0.2, 0) is 33.5 Å². The number of rotatable bonds is 38. The number of benzene rings is 1. The number of aliphatic hydroxyl groups is 1. The first-order valence-corrected chi connectivity index (χ1v) is 57.4. The summed E-state index contributed by atoms with van der Waals surface area (Å²) in [6, 6.07) is 8.49. The van der Waals surface area contributed by atoms with E-state index >= 15 is 0 Å². The van der Waals surface area contributed by atoms with Crippen LogP contribution in [0.4, 0.5) is 0 Å². The minimum atomic E-state index is -1.13. The van der Waals surface area contributed by atoms with Crippen LogP contribution in [0, 0.1) is 196 Å². The van der Waals surface area contributed by atoms with Crippen LogP contribution in [0.2, 0.25) is 19.6 Å². The molecule has 13 N–H and O–H groups in total. The van der Waals surface area contributed by atoms with Crippen LogP contribution in [0.15, 0.2) is 30.3 Å². The van der Waals surface area contributed by atoms with E-state index in [2.05, 4.69) is 272 Å². The van der Waals surface area contributed by atoms with Crippen molar-refractivity contribution in [2.75, 3.05) is 65.6 Å². The highest BCUT2D eigenvalue weighted by Gasteiger charge is 2.16. The van der Waals surface area contributed by atoms with Gasteiger partial charge in [0.1, 0.15) is 14.7 Å². The third-order valence-electron chi connectivity index (χ3n) is 17.0. The van der Waals surface area contributed by atoms with Crippen molar-refractivity contribution in [2.45, 2.75) is 469 Å². The molecule has 832 valence electrons. The van der Waals surface area contributed by atoms with Crippen molar-refractivity contribution in [3.05, 3.63) is 35.9 Å². The van der Waals surface area contributed by atoms with Crippen molar-refractivity contribution in [2.24, 2.45) is 82.7 Å². The standard InChI is InChI=1S/C25H47NO.C19H35NO.C14H16O2.C13H24N2O.C9H16N2O.2C9H15NO.C9H18Si.C7H13N.C7H12O.C6H10/c1-5-6-7-8-9-10-11-12-13-14-15-16-17-18-19-21-24(27)26-23-20-22-25(2,3)4;1-5-6-7-8-9-10-11-12-13-15-18(21)20-17-14-16-19(2,3)4;1-14(2,3)10-7-11-16-13(15)12-8-5-4-6-9-12;1-10(2)9-11(14)12(16)15-8-6-7-13(3,4)5;1-9(2,3)5-4-6-11-8(12)7-10;2*1-8(11)10-7-5-6-9(2,3)4;1-9(2,3)7-8-10(4,5)6;2*1-7(2,3)5-4-6-8;1-5-6(2,3)4/h5-19,21,23H2,1-4H3,(H,26,27);5-13,15,17H2,1-4H3,(H,20,21);4-6,8-9H,11H2,1-3H3;10-11H,8-9,14H2,1-5H3,(H,15,16);6-7,10H2,1-3H3,(H,11,12);2*7H2,1-4H3,(H,10,11);1-6H3;6,8H2,1-3H3;8H,6H2,1-3H3;1H,2-4H3/t;;;11-;;;;;;;/m...0......./s1. The molecule has 19 heteroatoms. The number of carbonyl (C=O) groups is 7. The van der Waals surface area contributed by atoms with E-state index in [0.29, 0.717) is 76.6 Å². The van der Waals surface area contributed by atoms with Crippen molar-refractivity contribution in [1.29, 1.82) is 0 Å². The number of nitrogens with two attached hydrogens (primary N) is 3. The Hall–Kier alpha value is -9.27. The summed E-state index contributed by atoms with van der Waals surface area (Å²) in [4.78, 5) is 77.7. The lowest BCUT2D eigenvalue weighted by Crippen LogP contribution is -2.41. The molecule has 1 atom stereocenters. The highest BCUT2D eigenvalue weighted by molar-refractivity contribution is 6.83. The normalized spacial score (nSPS) is 10.8. The van der Waals surface area contributed by atoms with Gasteiger partial charge in [0.2, 0.25) is 35.4 Å². The van der Waals surface area contributed by atoms with E-state index < -0.39 is 14.1 Å². The number of hydrogen-bond donors (Lipinski definition) is 10. The SMILES string of the molecule is C#CC(C)(C)C.CC(=O)NCC#CC(C)(C)C.CC(=O)NCC#CC(C)(C)C.CC(C)(C)C#CCN.CC(C)(C)C#CCNC(=O)CN.CC(C)(C)C#CCO.CC(C)(C)C#CCOC(=O)c1ccccc1.CC(C)(C)C#C[Si](C)(C)C.CC(C)C[C@H](N)C(=O)NCC#CC(C)(C)C.CCCCCCCCCCCC(=O)NCC#CC(C)(C)C.CCCCCCCCCCCCCCCCCC(=O)NCC#CC(C)(C)C. The highest BCUT2D eigenvalue weighted by Crippen LogP contribution is 2.20. The second kappa shape index (κ2) is 93.0. The summed E-state index contributed by atoms with van der Waals surface area (Å²) in [5.74, 6) is 58.9. The fraction of sp³-hybridized carbons (Fsp3) is 0.724. The summed E-state index contributed by atoms with van der Waals surface area (Å²) in [6.07, 6.45) is 39.0. The van der Waals surface area contributed by atoms with Crippen LogP contribution in [0.1, 0.15) is 454 Å². The number of aliphatic hydroxyl groups excluding tert-OH is 1. The van der Waals surface area contributed by atoms with Gasteiger partial charge in [0, 0.05) is 86.3 Å². The zero-order chi connectivity index (χ0) is 115. The summed E-state index contributed by atoms with van der Waals surface area (Å²) in [5, 5.41) is 24.5. The van der Waals surface area contributed by atoms with Gasteiger partial charge in [-0.15, -0.1) is 23.8 Å². The number of unbranched alkanes of at least 4 members (excludes halogenated alkanes) is 22. The van der Waals surface area contributed by atoms with E-state index in [4.69, 9.17) is 33.5 Å². The average molecular weight is 2050 g/mol. The predicted molar refractivity (Wildman–Crippen MR) is 634 cm³/mol. The summed E-state index contributed by atoms with van der Waals surface area (Å²) in [6.45, 7) is 89.2. The number of nitrogens with one attached hydrogen (secondary N) is 6. The number of amides is 6. The van der Waals surface area contributed by atoms with E-state index in [1.165, 1.54) is 155 Å². The van der Waals surface area contributed by atoms with Gasteiger partial charge in [-0.1, -0.05) is 313 Å². The lowest BCUT2D eigenvalue weighted by atomic mass is 9.98. The molecule has 18 nitrogen and oxygen atoms in total. The molecule has 1 rings (SSSR count). The van der Waals surface area contributed by atoms with Crippen LogP contribution in [-0.4, -0.2) is 126 Å². The lowest BCUT2D eigenvalue weighted by Gasteiger charge is -2.13. The fourth-order valence-corrected chi connectivity index (χ4v) is 10.8. The Morgan fingerprint density at radius 2 is 0.596 bits per heavy atom. The van der Waals surface area contributed by atoms with Crippen LogP contribution in [0.5, 0.6) is 0 Å². The molecule has 0 radical (unpaired) electrons. The highest BCUT2D eigenvalue weighted by atomic mass is 28.3. The topological polar surface area (TPSA) is 299 Å². The Labute approximate surface area is 902 Å². The maximum atomic E-state index is 11.7. The molecule has 0 aromatic heterocycles. The summed E-state index contributed by atoms with van der Waals surface area (Å²) in [7, 11) is -1.13. The largest absolute Gasteiger partial charge is 0.449 e. The second-order valence-corrected chi connectivity index (χ2v) is 53.8. The molecule has 1 aromatic rings. The van der Waals surface area contributed by atoms with Gasteiger partial charge < -0.3 is 58.9 Å². The molecule has 0 spiro atoms. The smallest absolute Gasteiger partial charge is 0.339 e. The predicted octanol–water partition coefficient (Wildman–Crippen LogP) is 26.0. The number of terminal acetylenes is 1. The molecule has 0 unspecified atom stereocenters. The van der Waals surface area contributed by atoms with Crippen molar-refractivity contribution in [3.63, 3.8) is 0 Å². The Balaban J connectivity index is -0.000000179. The summed E-state index contributed by atoms with van der Waals surface area (Å²) < 4.78 is 5.01. The molecular weight excluding hydrogens is 1820 g/mol. The van der Waals surface area contributed by atoms with Crippen molar-refractivity contribution in [3.8, 4) is 130 Å². The Kier molecular flexibility index (Phi) is 99.9. The quantitative estimate of drug-likeness (QED) is 0.0128. The molecule has 0 fully saturated rings. The minimum Gasteiger partial charge on any atom is -0.449 e. The monoisotopic (exact) mass is 2040 g/mol. The first-order valence-electron chi connectivity index (χ1n) is 53.9. The van der Waals surface area contributed by atoms with Gasteiger partial charge in [0.15, 0.2) is 6.61 Å². The van der Waals surface area contributed by atoms with E-state index in [1.54, 1.807) is 24.3 Å². The van der Waals surface area contributed by atoms with Crippen molar-refractivity contribution in [1.82, 2.24) is 31.9 Å². The van der Waals surface area contributed by atoms with E-state index in [0.717, 1.165) is 12.8 Å². The second-order valence-electron chi connectivity index (χ2n) is 49.0. The number of carbonyl (C=O) groups excluding carboxylic acids is 7. The zero-order valence-corrected chi connectivity index (χ0v) is 103. The van der Waals surface area contributed by atoms with Gasteiger partial charge in [-0.2, -0.15) is 0 Å². The molecule has 0 saturated carbocycles. The van der Waals surface area contributed by atoms with Crippen LogP contribution in [0.3, 0.4) is 0 Å². The Morgan fingerprint density at radius 3 is 0.815 bits per heavy atom. The molecule has 0 aliphatic rings. The van der Waals surface area contributed by atoms with Crippen LogP contribution < -0.4 is 49.1 Å². The average Bonchev–Trinajstić information content (AvgIpc) is 0.896. The van der Waals surface area contributed by atoms with E-state index in [1.807, 2.05) is 165 Å². The fourth-order valence-electron chi connectivity index (χ4n) is 10.1. The molecule has 146 heavy (non-hydrogen) atoms. The Morgan fingerprint density at radius 1 is 0.349 bits per heavy atom. The molecular formula is C127H221N9O9Si. The van der Waals surface area contributed by atoms with Gasteiger partial charge in [-0.3, -0.25) is 28.8 Å². The van der Waals surface area contributed by atoms with Gasteiger partial charge >= 0.3 is 5.97 Å². The minimum absolute atomic E-state index is 0.00651. The van der Waals surface area contributed by atoms with E-state index in [9.17, 15) is 33.6 Å². The van der Waals surface area contributed by atoms with Gasteiger partial charge in [0.25, 0.3) is 0 Å². The number of esters is 1. The molecule has 0 aliphatic heterocycles. The van der Waals surface area contributed by atoms with E-state index in [-0.39, 0.29) is 121 Å². The summed E-state index contributed by atoms with van der Waals surface area (Å²) >= 11 is 0. The molecule has 0 bridgehead atoms. The molecule has 1 aromatic carbocycles. The third-order valence-corrected chi connectivity index (χ3v) is 17.8. The summed E-state index contributed by atoms with van der Waals surface area (Å²) in [5.41, 5.74) is 20.3. The molecule has 0 heterocycles. The van der Waals surface area contributed by atoms with Crippen LogP contribution in [0.25, 0.3) is 0 Å². The number of ether oxygens (including phenoxy) is 1. The van der Waals surface area contributed by atoms with Gasteiger partial charge in [-0.25, -0.2) is 4.79 Å². The molecule has 0 aliphatic carbocycles. The first-order chi connectivity index (χ1) is 66.8. The maximum Gasteiger partial charge on any atom is 0.339 e. The van der Waals surface area contributed by atoms with Crippen molar-refractivity contribution < 1.29 is 43.4 Å². The maximum absolute atomic E-state index is 11.7. The molecule has 6 amide bonds. The molecule has 0 saturated heterocycles. The van der Waals surface area contributed by atoms with Gasteiger partial charge in [-0.05, 0) is 266 Å².